The maximum Gasteiger partial charge on any atom is 0.208 e. The number of hydrogen-bond acceptors (Lipinski definition) is 6. The summed E-state index contributed by atoms with van der Waals surface area (Å²) in [5, 5.41) is 0.604. The zero-order valence-electron chi connectivity index (χ0n) is 12.1. The van der Waals surface area contributed by atoms with Gasteiger partial charge in [0.1, 0.15) is 0 Å². The summed E-state index contributed by atoms with van der Waals surface area (Å²) in [4.78, 5) is 7.67. The maximum absolute atomic E-state index is 11.1. The van der Waals surface area contributed by atoms with Crippen molar-refractivity contribution in [1.82, 2.24) is 14.6 Å². The molecule has 0 amide bonds. The second-order valence-electron chi connectivity index (χ2n) is 5.24. The van der Waals surface area contributed by atoms with E-state index in [0.717, 1.165) is 25.9 Å². The molecule has 1 aromatic heterocycles. The second-order valence-corrected chi connectivity index (χ2v) is 8.22. The highest BCUT2D eigenvalue weighted by Gasteiger charge is 2.23. The molecule has 1 aromatic rings. The van der Waals surface area contributed by atoms with E-state index in [4.69, 9.17) is 5.73 Å². The van der Waals surface area contributed by atoms with E-state index < -0.39 is 10.0 Å². The lowest BCUT2D eigenvalue weighted by Crippen LogP contribution is -2.40. The molecule has 9 heteroatoms. The van der Waals surface area contributed by atoms with Gasteiger partial charge >= 0.3 is 0 Å². The molecular formula is C12H23ClN4O2S2. The minimum atomic E-state index is -3.09. The second kappa shape index (κ2) is 8.28. The van der Waals surface area contributed by atoms with Crippen LogP contribution in [0.25, 0.3) is 0 Å². The third-order valence-electron chi connectivity index (χ3n) is 3.52. The van der Waals surface area contributed by atoms with Crippen LogP contribution >= 0.6 is 23.7 Å². The van der Waals surface area contributed by atoms with Gasteiger partial charge in [-0.1, -0.05) is 6.42 Å². The van der Waals surface area contributed by atoms with Crippen LogP contribution in [0.15, 0.2) is 6.20 Å². The molecule has 1 aliphatic heterocycles. The zero-order valence-corrected chi connectivity index (χ0v) is 14.6. The van der Waals surface area contributed by atoms with E-state index in [1.807, 2.05) is 6.20 Å². The van der Waals surface area contributed by atoms with Crippen molar-refractivity contribution in [3.63, 3.8) is 0 Å². The van der Waals surface area contributed by atoms with Crippen LogP contribution in [-0.2, 0) is 16.6 Å². The summed E-state index contributed by atoms with van der Waals surface area (Å²) < 4.78 is 24.8. The number of piperidine rings is 1. The van der Waals surface area contributed by atoms with E-state index in [0.29, 0.717) is 17.7 Å². The highest BCUT2D eigenvalue weighted by Crippen LogP contribution is 2.24. The van der Waals surface area contributed by atoms with Crippen molar-refractivity contribution in [2.24, 2.45) is 0 Å². The highest BCUT2D eigenvalue weighted by atomic mass is 35.5. The van der Waals surface area contributed by atoms with Crippen molar-refractivity contribution in [2.75, 3.05) is 25.1 Å². The largest absolute Gasteiger partial charge is 0.375 e. The van der Waals surface area contributed by atoms with Crippen LogP contribution in [0.2, 0.25) is 0 Å². The summed E-state index contributed by atoms with van der Waals surface area (Å²) in [6.07, 6.45) is 7.42. The van der Waals surface area contributed by atoms with Crippen molar-refractivity contribution in [1.29, 1.82) is 0 Å². The van der Waals surface area contributed by atoms with Gasteiger partial charge in [0, 0.05) is 30.2 Å². The van der Waals surface area contributed by atoms with Crippen molar-refractivity contribution in [2.45, 2.75) is 38.3 Å². The van der Waals surface area contributed by atoms with Crippen LogP contribution in [0.4, 0.5) is 5.13 Å². The van der Waals surface area contributed by atoms with Gasteiger partial charge in [0.25, 0.3) is 0 Å². The van der Waals surface area contributed by atoms with E-state index in [1.165, 1.54) is 35.3 Å². The Morgan fingerprint density at radius 3 is 2.90 bits per heavy atom. The van der Waals surface area contributed by atoms with Crippen molar-refractivity contribution in [3.05, 3.63) is 11.1 Å². The molecule has 122 valence electrons. The van der Waals surface area contributed by atoms with Crippen molar-refractivity contribution < 1.29 is 8.42 Å². The number of thiazole rings is 1. The molecule has 0 aromatic carbocycles. The normalized spacial score (nSPS) is 20.1. The lowest BCUT2D eigenvalue weighted by molar-refractivity contribution is 0.134. The van der Waals surface area contributed by atoms with Gasteiger partial charge in [-0.25, -0.2) is 18.1 Å². The summed E-state index contributed by atoms with van der Waals surface area (Å²) in [5.41, 5.74) is 5.66. The first kappa shape index (κ1) is 18.6. The third-order valence-corrected chi connectivity index (χ3v) is 5.06. The molecule has 0 radical (unpaired) electrons. The van der Waals surface area contributed by atoms with E-state index in [-0.39, 0.29) is 12.4 Å². The molecule has 1 unspecified atom stereocenters. The SMILES string of the molecule is CS(=O)(=O)NCCC1CCCCN1Cc1cnc(N)s1.Cl. The van der Waals surface area contributed by atoms with Gasteiger partial charge in [-0.15, -0.1) is 23.7 Å². The molecule has 0 saturated carbocycles. The van der Waals surface area contributed by atoms with Gasteiger partial charge in [-0.05, 0) is 25.8 Å². The summed E-state index contributed by atoms with van der Waals surface area (Å²) in [7, 11) is -3.09. The van der Waals surface area contributed by atoms with Crippen LogP contribution in [0.5, 0.6) is 0 Å². The monoisotopic (exact) mass is 354 g/mol. The Morgan fingerprint density at radius 2 is 2.29 bits per heavy atom. The van der Waals surface area contributed by atoms with Gasteiger partial charge in [0.2, 0.25) is 10.0 Å². The van der Waals surface area contributed by atoms with E-state index in [2.05, 4.69) is 14.6 Å². The Hall–Kier alpha value is -0.410. The van der Waals surface area contributed by atoms with Crippen molar-refractivity contribution in [3.8, 4) is 0 Å². The average Bonchev–Trinajstić information content (AvgIpc) is 2.75. The fourth-order valence-electron chi connectivity index (χ4n) is 2.60. The Kier molecular flexibility index (Phi) is 7.35. The number of nitrogens with one attached hydrogen (secondary N) is 1. The average molecular weight is 355 g/mol. The molecule has 1 saturated heterocycles. The van der Waals surface area contributed by atoms with Gasteiger partial charge < -0.3 is 5.73 Å². The quantitative estimate of drug-likeness (QED) is 0.807. The molecule has 2 heterocycles. The number of rotatable bonds is 6. The predicted molar refractivity (Wildman–Crippen MR) is 89.3 cm³/mol. The summed E-state index contributed by atoms with van der Waals surface area (Å²) in [6, 6.07) is 0.432. The number of nitrogens with zero attached hydrogens (tertiary/aromatic N) is 2. The van der Waals surface area contributed by atoms with Crippen LogP contribution < -0.4 is 10.5 Å². The van der Waals surface area contributed by atoms with E-state index in [9.17, 15) is 8.42 Å². The van der Waals surface area contributed by atoms with Gasteiger partial charge in [-0.2, -0.15) is 0 Å². The van der Waals surface area contributed by atoms with Crippen LogP contribution in [0, 0.1) is 0 Å². The van der Waals surface area contributed by atoms with E-state index >= 15 is 0 Å². The number of halogens is 1. The highest BCUT2D eigenvalue weighted by molar-refractivity contribution is 7.88. The molecule has 3 N–H and O–H groups in total. The van der Waals surface area contributed by atoms with Crippen LogP contribution in [-0.4, -0.2) is 43.7 Å². The standard InChI is InChI=1S/C12H22N4O2S2.ClH/c1-20(17,18)15-6-5-10-4-2-3-7-16(10)9-11-8-14-12(13)19-11;/h8,10,15H,2-7,9H2,1H3,(H2,13,14);1H. The van der Waals surface area contributed by atoms with Crippen molar-refractivity contribution >= 4 is 38.9 Å². The summed E-state index contributed by atoms with van der Waals surface area (Å²) in [6.45, 7) is 2.42. The number of hydrogen-bond donors (Lipinski definition) is 2. The molecular weight excluding hydrogens is 332 g/mol. The Bertz CT molecular complexity index is 535. The predicted octanol–water partition coefficient (Wildman–Crippen LogP) is 1.44. The number of likely N-dealkylation sites (tertiary alicyclic amines) is 1. The number of nitrogens with two attached hydrogens (primary N) is 1. The molecule has 0 bridgehead atoms. The number of nitrogen functional groups attached to an aromatic ring is 1. The minimum Gasteiger partial charge on any atom is -0.375 e. The fraction of sp³-hybridized carbons (Fsp3) is 0.750. The number of aromatic nitrogens is 1. The Morgan fingerprint density at radius 1 is 1.52 bits per heavy atom. The molecule has 2 rings (SSSR count). The van der Waals surface area contributed by atoms with Crippen LogP contribution in [0.3, 0.4) is 0 Å². The minimum absolute atomic E-state index is 0. The van der Waals surface area contributed by atoms with E-state index in [1.54, 1.807) is 0 Å². The molecule has 6 nitrogen and oxygen atoms in total. The fourth-order valence-corrected chi connectivity index (χ4v) is 3.80. The smallest absolute Gasteiger partial charge is 0.208 e. The number of sulfonamides is 1. The zero-order chi connectivity index (χ0) is 14.6. The maximum atomic E-state index is 11.1. The van der Waals surface area contributed by atoms with Crippen LogP contribution in [0.1, 0.15) is 30.6 Å². The lowest BCUT2D eigenvalue weighted by atomic mass is 9.99. The topological polar surface area (TPSA) is 88.3 Å². The lowest BCUT2D eigenvalue weighted by Gasteiger charge is -2.35. The first-order valence-corrected chi connectivity index (χ1v) is 9.54. The summed E-state index contributed by atoms with van der Waals surface area (Å²) >= 11 is 1.53. The number of anilines is 1. The Balaban J connectivity index is 0.00000220. The van der Waals surface area contributed by atoms with Gasteiger partial charge in [-0.3, -0.25) is 4.90 Å². The molecule has 21 heavy (non-hydrogen) atoms. The first-order chi connectivity index (χ1) is 9.44. The molecule has 0 aliphatic carbocycles. The molecule has 1 atom stereocenters. The molecule has 1 aliphatic rings. The molecule has 1 fully saturated rings. The van der Waals surface area contributed by atoms with Gasteiger partial charge in [0.05, 0.1) is 6.26 Å². The third kappa shape index (κ3) is 6.48. The van der Waals surface area contributed by atoms with Gasteiger partial charge in [0.15, 0.2) is 5.13 Å². The Labute approximate surface area is 136 Å². The molecule has 0 spiro atoms. The first-order valence-electron chi connectivity index (χ1n) is 6.83. The summed E-state index contributed by atoms with van der Waals surface area (Å²) in [5.74, 6) is 0.